The number of amides is 1. The Morgan fingerprint density at radius 1 is 1.39 bits per heavy atom. The molecule has 0 aromatic heterocycles. The van der Waals surface area contributed by atoms with Gasteiger partial charge >= 0.3 is 0 Å². The van der Waals surface area contributed by atoms with Gasteiger partial charge in [-0.25, -0.2) is 0 Å². The Labute approximate surface area is 104 Å². The molecule has 5 heteroatoms. The molecule has 1 N–H and O–H groups in total. The van der Waals surface area contributed by atoms with Crippen LogP contribution in [0.15, 0.2) is 18.2 Å². The molecule has 1 unspecified atom stereocenters. The van der Waals surface area contributed by atoms with Gasteiger partial charge in [0.1, 0.15) is 0 Å². The third kappa shape index (κ3) is 1.75. The maximum atomic E-state index is 11.9. The molecule has 0 bridgehead atoms. The first-order chi connectivity index (χ1) is 8.65. The molecule has 1 aromatic rings. The van der Waals surface area contributed by atoms with E-state index < -0.39 is 4.92 Å². The highest BCUT2D eigenvalue weighted by atomic mass is 16.6. The van der Waals surface area contributed by atoms with Crippen molar-refractivity contribution in [3.63, 3.8) is 0 Å². The summed E-state index contributed by atoms with van der Waals surface area (Å²) in [6.07, 6.45) is 4.41. The minimum absolute atomic E-state index is 0.0163. The minimum Gasteiger partial charge on any atom is -0.325 e. The predicted octanol–water partition coefficient (Wildman–Crippen LogP) is 2.82. The number of fused-ring (bicyclic) bond motifs is 1. The second kappa shape index (κ2) is 4.08. The fourth-order valence-corrected chi connectivity index (χ4v) is 2.72. The summed E-state index contributed by atoms with van der Waals surface area (Å²) < 4.78 is 0. The summed E-state index contributed by atoms with van der Waals surface area (Å²) in [7, 11) is 0. The summed E-state index contributed by atoms with van der Waals surface area (Å²) >= 11 is 0. The molecule has 1 aliphatic heterocycles. The lowest BCUT2D eigenvalue weighted by Crippen LogP contribution is -2.19. The Morgan fingerprint density at radius 3 is 2.78 bits per heavy atom. The number of rotatable bonds is 3. The van der Waals surface area contributed by atoms with Gasteiger partial charge in [0.2, 0.25) is 5.91 Å². The normalized spacial score (nSPS) is 22.2. The lowest BCUT2D eigenvalue weighted by molar-refractivity contribution is -0.384. The molecular weight excluding hydrogens is 232 g/mol. The monoisotopic (exact) mass is 246 g/mol. The van der Waals surface area contributed by atoms with Gasteiger partial charge in [-0.15, -0.1) is 0 Å². The van der Waals surface area contributed by atoms with Crippen molar-refractivity contribution in [3.05, 3.63) is 33.9 Å². The Morgan fingerprint density at radius 2 is 2.17 bits per heavy atom. The summed E-state index contributed by atoms with van der Waals surface area (Å²) in [4.78, 5) is 22.3. The third-order valence-corrected chi connectivity index (χ3v) is 3.99. The number of nitro groups is 1. The van der Waals surface area contributed by atoms with Crippen molar-refractivity contribution in [2.45, 2.75) is 31.6 Å². The molecule has 1 saturated carbocycles. The summed E-state index contributed by atoms with van der Waals surface area (Å²) in [6.45, 7) is 0. The average molecular weight is 246 g/mol. The van der Waals surface area contributed by atoms with E-state index in [9.17, 15) is 14.9 Å². The van der Waals surface area contributed by atoms with Gasteiger partial charge < -0.3 is 5.32 Å². The summed E-state index contributed by atoms with van der Waals surface area (Å²) in [6, 6.07) is 4.60. The number of carbonyl (C=O) groups is 1. The Balaban J connectivity index is 1.90. The third-order valence-electron chi connectivity index (χ3n) is 3.99. The van der Waals surface area contributed by atoms with Gasteiger partial charge in [0.25, 0.3) is 5.69 Å². The van der Waals surface area contributed by atoms with Crippen molar-refractivity contribution in [1.82, 2.24) is 0 Å². The zero-order valence-corrected chi connectivity index (χ0v) is 9.89. The Kier molecular flexibility index (Phi) is 2.54. The molecule has 5 nitrogen and oxygen atoms in total. The minimum atomic E-state index is -0.413. The van der Waals surface area contributed by atoms with Crippen molar-refractivity contribution in [2.75, 3.05) is 5.32 Å². The van der Waals surface area contributed by atoms with E-state index in [1.54, 1.807) is 6.07 Å². The van der Waals surface area contributed by atoms with E-state index in [2.05, 4.69) is 5.32 Å². The van der Waals surface area contributed by atoms with E-state index in [4.69, 9.17) is 0 Å². The number of nitro benzene ring substituents is 1. The molecular formula is C13H14N2O3. The number of carbonyl (C=O) groups excluding carboxylic acids is 1. The first-order valence-corrected chi connectivity index (χ1v) is 6.24. The molecule has 18 heavy (non-hydrogen) atoms. The molecule has 1 amide bonds. The molecule has 3 rings (SSSR count). The van der Waals surface area contributed by atoms with Crippen molar-refractivity contribution >= 4 is 17.3 Å². The number of anilines is 1. The van der Waals surface area contributed by atoms with Crippen LogP contribution >= 0.6 is 0 Å². The van der Waals surface area contributed by atoms with Crippen LogP contribution in [0.2, 0.25) is 0 Å². The van der Waals surface area contributed by atoms with Crippen LogP contribution in [0.25, 0.3) is 0 Å². The highest BCUT2D eigenvalue weighted by molar-refractivity contribution is 6.03. The number of benzene rings is 1. The van der Waals surface area contributed by atoms with Crippen LogP contribution in [0.1, 0.15) is 37.2 Å². The largest absolute Gasteiger partial charge is 0.325 e. The zero-order valence-electron chi connectivity index (χ0n) is 9.89. The van der Waals surface area contributed by atoms with Crippen molar-refractivity contribution < 1.29 is 9.72 Å². The van der Waals surface area contributed by atoms with Gasteiger partial charge in [0.15, 0.2) is 0 Å². The van der Waals surface area contributed by atoms with Crippen LogP contribution in [0.4, 0.5) is 11.4 Å². The van der Waals surface area contributed by atoms with Crippen LogP contribution in [-0.2, 0) is 4.79 Å². The molecule has 1 aliphatic carbocycles. The van der Waals surface area contributed by atoms with E-state index in [1.807, 2.05) is 0 Å². The van der Waals surface area contributed by atoms with Gasteiger partial charge in [0, 0.05) is 17.8 Å². The first kappa shape index (κ1) is 11.2. The number of nitrogens with zero attached hydrogens (tertiary/aromatic N) is 1. The van der Waals surface area contributed by atoms with Crippen LogP contribution in [-0.4, -0.2) is 10.8 Å². The van der Waals surface area contributed by atoms with Gasteiger partial charge in [0.05, 0.1) is 10.8 Å². The van der Waals surface area contributed by atoms with E-state index in [0.717, 1.165) is 17.7 Å². The smallest absolute Gasteiger partial charge is 0.269 e. The first-order valence-electron chi connectivity index (χ1n) is 6.24. The van der Waals surface area contributed by atoms with Gasteiger partial charge in [-0.05, 0) is 24.0 Å². The zero-order chi connectivity index (χ0) is 12.7. The lowest BCUT2D eigenvalue weighted by Gasteiger charge is -2.27. The summed E-state index contributed by atoms with van der Waals surface area (Å²) in [5.41, 5.74) is 1.58. The van der Waals surface area contributed by atoms with E-state index in [1.165, 1.54) is 31.4 Å². The van der Waals surface area contributed by atoms with Crippen LogP contribution in [0, 0.1) is 16.0 Å². The fourth-order valence-electron chi connectivity index (χ4n) is 2.72. The van der Waals surface area contributed by atoms with Gasteiger partial charge in [-0.3, -0.25) is 14.9 Å². The maximum absolute atomic E-state index is 11.9. The molecule has 1 aromatic carbocycles. The summed E-state index contributed by atoms with van der Waals surface area (Å²) in [5.74, 6) is 0.383. The lowest BCUT2D eigenvalue weighted by atomic mass is 9.77. The van der Waals surface area contributed by atoms with Crippen LogP contribution in [0.3, 0.4) is 0 Å². The predicted molar refractivity (Wildman–Crippen MR) is 66.4 cm³/mol. The highest BCUT2D eigenvalue weighted by Crippen LogP contribution is 2.42. The van der Waals surface area contributed by atoms with Crippen LogP contribution in [0.5, 0.6) is 0 Å². The molecule has 1 fully saturated rings. The average Bonchev–Trinajstić information content (AvgIpc) is 2.58. The molecule has 1 heterocycles. The number of hydrogen-bond donors (Lipinski definition) is 1. The van der Waals surface area contributed by atoms with Crippen molar-refractivity contribution in [2.24, 2.45) is 5.92 Å². The van der Waals surface area contributed by atoms with E-state index >= 15 is 0 Å². The standard InChI is InChI=1S/C13H14N2O3/c16-13-11(6-8-2-1-3-8)10-7-9(15(17)18)4-5-12(10)14-13/h4-5,7-8,11H,1-3,6H2,(H,14,16). The van der Waals surface area contributed by atoms with Crippen molar-refractivity contribution in [3.8, 4) is 0 Å². The quantitative estimate of drug-likeness (QED) is 0.658. The van der Waals surface area contributed by atoms with Gasteiger partial charge in [-0.1, -0.05) is 19.3 Å². The van der Waals surface area contributed by atoms with E-state index in [-0.39, 0.29) is 17.5 Å². The maximum Gasteiger partial charge on any atom is 0.269 e. The fraction of sp³-hybridized carbons (Fsp3) is 0.462. The summed E-state index contributed by atoms with van der Waals surface area (Å²) in [5, 5.41) is 13.6. The Bertz CT molecular complexity index is 523. The highest BCUT2D eigenvalue weighted by Gasteiger charge is 2.35. The second-order valence-corrected chi connectivity index (χ2v) is 5.10. The number of non-ortho nitro benzene ring substituents is 1. The molecule has 0 spiro atoms. The molecule has 0 saturated heterocycles. The second-order valence-electron chi connectivity index (χ2n) is 5.10. The number of hydrogen-bond acceptors (Lipinski definition) is 3. The Hall–Kier alpha value is -1.91. The topological polar surface area (TPSA) is 72.2 Å². The number of nitrogens with one attached hydrogen (secondary N) is 1. The molecule has 2 aliphatic rings. The SMILES string of the molecule is O=C1Nc2ccc([N+](=O)[O-])cc2C1CC1CCC1. The van der Waals surface area contributed by atoms with Gasteiger partial charge in [-0.2, -0.15) is 0 Å². The van der Waals surface area contributed by atoms with E-state index in [0.29, 0.717) is 5.92 Å². The molecule has 1 atom stereocenters. The van der Waals surface area contributed by atoms with Crippen LogP contribution < -0.4 is 5.32 Å². The molecule has 94 valence electrons. The molecule has 0 radical (unpaired) electrons. The van der Waals surface area contributed by atoms with Crippen molar-refractivity contribution in [1.29, 1.82) is 0 Å².